The Balaban J connectivity index is 1.72. The number of nitriles is 1. The lowest BCUT2D eigenvalue weighted by Gasteiger charge is -2.29. The number of rotatable bonds is 5. The summed E-state index contributed by atoms with van der Waals surface area (Å²) in [6.07, 6.45) is 0. The van der Waals surface area contributed by atoms with Crippen molar-refractivity contribution in [3.63, 3.8) is 0 Å². The maximum Gasteiger partial charge on any atom is 0.236 e. The highest BCUT2D eigenvalue weighted by Gasteiger charge is 2.24. The van der Waals surface area contributed by atoms with Crippen LogP contribution in [-0.2, 0) is 6.61 Å². The molecule has 0 bridgehead atoms. The van der Waals surface area contributed by atoms with Crippen LogP contribution in [0.1, 0.15) is 11.6 Å². The summed E-state index contributed by atoms with van der Waals surface area (Å²) in [4.78, 5) is 7.80. The number of quaternary nitrogens is 1. The number of anilines is 1. The zero-order valence-corrected chi connectivity index (χ0v) is 13.9. The maximum absolute atomic E-state index is 9.32. The molecule has 7 heteroatoms. The normalized spacial score (nSPS) is 15.1. The van der Waals surface area contributed by atoms with Crippen molar-refractivity contribution < 1.29 is 18.8 Å². The topological polar surface area (TPSA) is 76.0 Å². The van der Waals surface area contributed by atoms with Gasteiger partial charge >= 0.3 is 0 Å². The lowest BCUT2D eigenvalue weighted by Crippen LogP contribution is -3.12. The summed E-state index contributed by atoms with van der Waals surface area (Å²) in [5, 5.41) is 9.32. The molecule has 0 radical (unpaired) electrons. The molecule has 1 aromatic heterocycles. The van der Waals surface area contributed by atoms with Gasteiger partial charge in [-0.2, -0.15) is 10.2 Å². The molecule has 0 unspecified atom stereocenters. The lowest BCUT2D eigenvalue weighted by atomic mass is 10.3. The highest BCUT2D eigenvalue weighted by molar-refractivity contribution is 5.48. The molecule has 1 saturated heterocycles. The summed E-state index contributed by atoms with van der Waals surface area (Å²) < 4.78 is 16.8. The average Bonchev–Trinajstić information content (AvgIpc) is 3.04. The summed E-state index contributed by atoms with van der Waals surface area (Å²) in [6.45, 7) is 3.87. The smallest absolute Gasteiger partial charge is 0.236 e. The number of methoxy groups -OCH3 is 1. The van der Waals surface area contributed by atoms with Gasteiger partial charge in [-0.05, 0) is 12.1 Å². The number of hydrogen-bond acceptors (Lipinski definition) is 6. The van der Waals surface area contributed by atoms with Gasteiger partial charge in [-0.1, -0.05) is 12.1 Å². The number of nitrogens with zero attached hydrogens (tertiary/aromatic N) is 3. The van der Waals surface area contributed by atoms with Crippen molar-refractivity contribution in [2.24, 2.45) is 0 Å². The van der Waals surface area contributed by atoms with Crippen molar-refractivity contribution in [3.8, 4) is 17.6 Å². The van der Waals surface area contributed by atoms with E-state index in [0.29, 0.717) is 29.0 Å². The number of likely N-dealkylation sites (N-methyl/N-ethyl adjacent to an activating group) is 1. The number of hydrogen-bond donors (Lipinski definition) is 1. The van der Waals surface area contributed by atoms with Crippen molar-refractivity contribution in [2.45, 2.75) is 6.61 Å². The van der Waals surface area contributed by atoms with E-state index in [1.165, 1.54) is 4.90 Å². The van der Waals surface area contributed by atoms with Crippen LogP contribution in [0.25, 0.3) is 0 Å². The zero-order valence-electron chi connectivity index (χ0n) is 13.9. The first-order chi connectivity index (χ1) is 11.7. The summed E-state index contributed by atoms with van der Waals surface area (Å²) >= 11 is 0. The molecule has 2 heterocycles. The largest absolute Gasteiger partial charge is 0.493 e. The van der Waals surface area contributed by atoms with Crippen LogP contribution in [0, 0.1) is 11.3 Å². The SMILES string of the molecule is COc1ccccc1OCc1nc(C#N)c(N2CC[NH+](C)CC2)o1. The molecular formula is C17H21N4O3+. The summed E-state index contributed by atoms with van der Waals surface area (Å²) in [6, 6.07) is 9.49. The number of oxazole rings is 1. The molecular weight excluding hydrogens is 308 g/mol. The number of aromatic nitrogens is 1. The van der Waals surface area contributed by atoms with Gasteiger partial charge in [0.2, 0.25) is 17.5 Å². The van der Waals surface area contributed by atoms with Crippen LogP contribution in [0.4, 0.5) is 5.88 Å². The Bertz CT molecular complexity index is 730. The number of ether oxygens (including phenoxy) is 2. The second-order valence-corrected chi connectivity index (χ2v) is 5.76. The highest BCUT2D eigenvalue weighted by atomic mass is 16.5. The summed E-state index contributed by atoms with van der Waals surface area (Å²) in [5.41, 5.74) is 0.313. The summed E-state index contributed by atoms with van der Waals surface area (Å²) in [5.74, 6) is 2.19. The molecule has 1 aliphatic heterocycles. The minimum absolute atomic E-state index is 0.147. The van der Waals surface area contributed by atoms with Crippen molar-refractivity contribution in [3.05, 3.63) is 35.9 Å². The highest BCUT2D eigenvalue weighted by Crippen LogP contribution is 2.28. The van der Waals surface area contributed by atoms with E-state index in [0.717, 1.165) is 26.2 Å². The predicted octanol–water partition coefficient (Wildman–Crippen LogP) is 0.469. The second-order valence-electron chi connectivity index (χ2n) is 5.76. The van der Waals surface area contributed by atoms with E-state index in [1.54, 1.807) is 7.11 Å². The fourth-order valence-electron chi connectivity index (χ4n) is 2.67. The minimum Gasteiger partial charge on any atom is -0.493 e. The first-order valence-corrected chi connectivity index (χ1v) is 7.93. The Labute approximate surface area is 141 Å². The maximum atomic E-state index is 9.32. The number of benzene rings is 1. The fraction of sp³-hybridized carbons (Fsp3) is 0.412. The molecule has 0 spiro atoms. The lowest BCUT2D eigenvalue weighted by molar-refractivity contribution is -0.880. The Hall–Kier alpha value is -2.72. The van der Waals surface area contributed by atoms with Gasteiger partial charge in [-0.15, -0.1) is 0 Å². The van der Waals surface area contributed by atoms with Crippen molar-refractivity contribution in [1.82, 2.24) is 4.98 Å². The summed E-state index contributed by atoms with van der Waals surface area (Å²) in [7, 11) is 3.75. The van der Waals surface area contributed by atoms with Gasteiger partial charge in [0.1, 0.15) is 6.07 Å². The van der Waals surface area contributed by atoms with E-state index in [2.05, 4.69) is 23.0 Å². The van der Waals surface area contributed by atoms with E-state index in [-0.39, 0.29) is 6.61 Å². The van der Waals surface area contributed by atoms with E-state index in [4.69, 9.17) is 13.9 Å². The van der Waals surface area contributed by atoms with Crippen LogP contribution in [0.15, 0.2) is 28.7 Å². The van der Waals surface area contributed by atoms with Gasteiger partial charge in [0, 0.05) is 0 Å². The third kappa shape index (κ3) is 3.44. The molecule has 0 atom stereocenters. The molecule has 1 aliphatic rings. The number of nitrogens with one attached hydrogen (secondary N) is 1. The predicted molar refractivity (Wildman–Crippen MR) is 87.4 cm³/mol. The van der Waals surface area contributed by atoms with Crippen LogP contribution in [0.2, 0.25) is 0 Å². The van der Waals surface area contributed by atoms with E-state index in [1.807, 2.05) is 24.3 Å². The van der Waals surface area contributed by atoms with E-state index >= 15 is 0 Å². The molecule has 0 aliphatic carbocycles. The molecule has 0 saturated carbocycles. The zero-order chi connectivity index (χ0) is 16.9. The first-order valence-electron chi connectivity index (χ1n) is 7.93. The van der Waals surface area contributed by atoms with E-state index in [9.17, 15) is 5.26 Å². The Morgan fingerprint density at radius 1 is 1.29 bits per heavy atom. The van der Waals surface area contributed by atoms with Gasteiger partial charge in [0.15, 0.2) is 18.1 Å². The van der Waals surface area contributed by atoms with E-state index < -0.39 is 0 Å². The third-order valence-electron chi connectivity index (χ3n) is 4.08. The Morgan fingerprint density at radius 3 is 2.67 bits per heavy atom. The number of para-hydroxylation sites is 2. The first kappa shape index (κ1) is 16.1. The van der Waals surface area contributed by atoms with Crippen LogP contribution in [-0.4, -0.2) is 45.3 Å². The van der Waals surface area contributed by atoms with Gasteiger partial charge in [0.05, 0.1) is 40.3 Å². The second kappa shape index (κ2) is 7.23. The molecule has 1 fully saturated rings. The Morgan fingerprint density at radius 2 is 2.00 bits per heavy atom. The number of piperazine rings is 1. The molecule has 126 valence electrons. The van der Waals surface area contributed by atoms with Gasteiger partial charge in [-0.3, -0.25) is 0 Å². The van der Waals surface area contributed by atoms with Crippen LogP contribution >= 0.6 is 0 Å². The molecule has 1 aromatic carbocycles. The molecule has 3 rings (SSSR count). The van der Waals surface area contributed by atoms with Crippen LogP contribution < -0.4 is 19.3 Å². The molecule has 2 aromatic rings. The van der Waals surface area contributed by atoms with Gasteiger partial charge in [0.25, 0.3) is 0 Å². The van der Waals surface area contributed by atoms with Gasteiger partial charge < -0.3 is 23.7 Å². The third-order valence-corrected chi connectivity index (χ3v) is 4.08. The molecule has 0 amide bonds. The average molecular weight is 329 g/mol. The fourth-order valence-corrected chi connectivity index (χ4v) is 2.67. The Kier molecular flexibility index (Phi) is 4.87. The van der Waals surface area contributed by atoms with Gasteiger partial charge in [-0.25, -0.2) is 0 Å². The molecule has 24 heavy (non-hydrogen) atoms. The minimum atomic E-state index is 0.147. The molecule has 1 N–H and O–H groups in total. The van der Waals surface area contributed by atoms with Crippen molar-refractivity contribution >= 4 is 5.88 Å². The monoisotopic (exact) mass is 329 g/mol. The quantitative estimate of drug-likeness (QED) is 0.859. The van der Waals surface area contributed by atoms with Crippen molar-refractivity contribution in [2.75, 3.05) is 45.2 Å². The standard InChI is InChI=1S/C17H20N4O3/c1-20-7-9-21(10-8-20)17-13(11-18)19-16(24-17)12-23-15-6-4-3-5-14(15)22-2/h3-6H,7-10,12H2,1-2H3/p+1. The van der Waals surface area contributed by atoms with Crippen LogP contribution in [0.5, 0.6) is 11.5 Å². The van der Waals surface area contributed by atoms with Crippen LogP contribution in [0.3, 0.4) is 0 Å². The van der Waals surface area contributed by atoms with Crippen molar-refractivity contribution in [1.29, 1.82) is 5.26 Å². The molecule has 7 nitrogen and oxygen atoms in total.